The molecule has 1 heterocycles. The fraction of sp³-hybridized carbons (Fsp3) is 0.933. The van der Waals surface area contributed by atoms with Crippen LogP contribution in [0.1, 0.15) is 45.4 Å². The maximum Gasteiger partial charge on any atom is 0.309 e. The molecule has 0 amide bonds. The van der Waals surface area contributed by atoms with Crippen molar-refractivity contribution in [1.29, 1.82) is 0 Å². The smallest absolute Gasteiger partial charge is 0.309 e. The van der Waals surface area contributed by atoms with Gasteiger partial charge in [0.2, 0.25) is 0 Å². The number of hydrogen-bond acceptors (Lipinski definition) is 4. The van der Waals surface area contributed by atoms with E-state index in [1.807, 2.05) is 6.92 Å². The van der Waals surface area contributed by atoms with Crippen molar-refractivity contribution >= 4 is 5.97 Å². The zero-order valence-corrected chi connectivity index (χ0v) is 11.6. The summed E-state index contributed by atoms with van der Waals surface area (Å²) in [4.78, 5) is 12.0. The molecule has 0 bridgehead atoms. The molecule has 108 valence electrons. The number of esters is 1. The molecule has 2 saturated carbocycles. The van der Waals surface area contributed by atoms with E-state index in [1.165, 1.54) is 0 Å². The number of aliphatic hydroxyl groups excluding tert-OH is 1. The van der Waals surface area contributed by atoms with Gasteiger partial charge in [0, 0.05) is 0 Å². The second-order valence-corrected chi connectivity index (χ2v) is 6.58. The van der Waals surface area contributed by atoms with Crippen molar-refractivity contribution in [3.05, 3.63) is 0 Å². The van der Waals surface area contributed by atoms with E-state index in [9.17, 15) is 9.90 Å². The van der Waals surface area contributed by atoms with Gasteiger partial charge < -0.3 is 14.6 Å². The SMILES string of the molecule is CC1CCC(C(=O)OCC2CCC3OC3C2)CC1O. The molecule has 4 nitrogen and oxygen atoms in total. The average molecular weight is 268 g/mol. The molecule has 1 N–H and O–H groups in total. The molecule has 4 heteroatoms. The summed E-state index contributed by atoms with van der Waals surface area (Å²) in [5, 5.41) is 9.83. The van der Waals surface area contributed by atoms with Crippen LogP contribution in [0.3, 0.4) is 0 Å². The molecular formula is C15H24O4. The summed E-state index contributed by atoms with van der Waals surface area (Å²) in [6.45, 7) is 2.58. The van der Waals surface area contributed by atoms with Gasteiger partial charge in [-0.1, -0.05) is 6.92 Å². The van der Waals surface area contributed by atoms with Crippen LogP contribution in [0.25, 0.3) is 0 Å². The van der Waals surface area contributed by atoms with E-state index in [2.05, 4.69) is 0 Å². The third kappa shape index (κ3) is 3.11. The van der Waals surface area contributed by atoms with Gasteiger partial charge in [0.1, 0.15) is 0 Å². The largest absolute Gasteiger partial charge is 0.465 e. The first-order valence-corrected chi connectivity index (χ1v) is 7.63. The summed E-state index contributed by atoms with van der Waals surface area (Å²) in [5.74, 6) is 0.580. The summed E-state index contributed by atoms with van der Waals surface area (Å²) >= 11 is 0. The van der Waals surface area contributed by atoms with Crippen LogP contribution in [0.4, 0.5) is 0 Å². The molecular weight excluding hydrogens is 244 g/mol. The molecule has 0 aromatic heterocycles. The van der Waals surface area contributed by atoms with Gasteiger partial charge in [-0.25, -0.2) is 0 Å². The lowest BCUT2D eigenvalue weighted by atomic mass is 9.81. The molecule has 19 heavy (non-hydrogen) atoms. The van der Waals surface area contributed by atoms with E-state index < -0.39 is 0 Å². The van der Waals surface area contributed by atoms with E-state index in [4.69, 9.17) is 9.47 Å². The Morgan fingerprint density at radius 3 is 2.79 bits per heavy atom. The number of fused-ring (bicyclic) bond motifs is 1. The lowest BCUT2D eigenvalue weighted by molar-refractivity contribution is -0.153. The number of hydrogen-bond donors (Lipinski definition) is 1. The van der Waals surface area contributed by atoms with Gasteiger partial charge in [0.25, 0.3) is 0 Å². The molecule has 6 unspecified atom stereocenters. The maximum atomic E-state index is 12.0. The number of carbonyl (C=O) groups is 1. The monoisotopic (exact) mass is 268 g/mol. The zero-order valence-electron chi connectivity index (χ0n) is 11.6. The molecule has 0 spiro atoms. The van der Waals surface area contributed by atoms with E-state index in [-0.39, 0.29) is 18.0 Å². The Morgan fingerprint density at radius 2 is 2.05 bits per heavy atom. The van der Waals surface area contributed by atoms with Crippen LogP contribution in [0.2, 0.25) is 0 Å². The van der Waals surface area contributed by atoms with E-state index in [1.54, 1.807) is 0 Å². The van der Waals surface area contributed by atoms with Gasteiger partial charge in [0.15, 0.2) is 0 Å². The van der Waals surface area contributed by atoms with Crippen LogP contribution in [0.15, 0.2) is 0 Å². The Labute approximate surface area is 114 Å². The van der Waals surface area contributed by atoms with Gasteiger partial charge in [0.05, 0.1) is 30.8 Å². The Morgan fingerprint density at radius 1 is 1.21 bits per heavy atom. The third-order valence-corrected chi connectivity index (χ3v) is 5.06. The van der Waals surface area contributed by atoms with Crippen molar-refractivity contribution in [2.24, 2.45) is 17.8 Å². The molecule has 6 atom stereocenters. The van der Waals surface area contributed by atoms with Gasteiger partial charge in [-0.3, -0.25) is 4.79 Å². The van der Waals surface area contributed by atoms with Crippen molar-refractivity contribution in [2.45, 2.75) is 63.8 Å². The topological polar surface area (TPSA) is 59.1 Å². The fourth-order valence-corrected chi connectivity index (χ4v) is 3.47. The van der Waals surface area contributed by atoms with Crippen LogP contribution in [0.5, 0.6) is 0 Å². The van der Waals surface area contributed by atoms with Crippen molar-refractivity contribution in [2.75, 3.05) is 6.61 Å². The molecule has 1 saturated heterocycles. The maximum absolute atomic E-state index is 12.0. The molecule has 3 rings (SSSR count). The molecule has 3 fully saturated rings. The number of aliphatic hydroxyl groups is 1. The highest BCUT2D eigenvalue weighted by molar-refractivity contribution is 5.72. The summed E-state index contributed by atoms with van der Waals surface area (Å²) in [6, 6.07) is 0. The Kier molecular flexibility index (Phi) is 3.81. The summed E-state index contributed by atoms with van der Waals surface area (Å²) in [6.07, 6.45) is 6.21. The quantitative estimate of drug-likeness (QED) is 0.627. The lowest BCUT2D eigenvalue weighted by Crippen LogP contribution is -2.33. The lowest BCUT2D eigenvalue weighted by Gasteiger charge is -2.30. The van der Waals surface area contributed by atoms with Crippen molar-refractivity contribution in [1.82, 2.24) is 0 Å². The summed E-state index contributed by atoms with van der Waals surface area (Å²) in [5.41, 5.74) is 0. The first kappa shape index (κ1) is 13.4. The molecule has 0 aromatic rings. The van der Waals surface area contributed by atoms with E-state index in [0.29, 0.717) is 37.1 Å². The minimum atomic E-state index is -0.346. The Bertz CT molecular complexity index is 343. The summed E-state index contributed by atoms with van der Waals surface area (Å²) < 4.78 is 10.9. The number of rotatable bonds is 3. The molecule has 3 aliphatic rings. The predicted molar refractivity (Wildman–Crippen MR) is 69.5 cm³/mol. The van der Waals surface area contributed by atoms with E-state index in [0.717, 1.165) is 32.1 Å². The van der Waals surface area contributed by atoms with Crippen LogP contribution >= 0.6 is 0 Å². The Hall–Kier alpha value is -0.610. The molecule has 2 aliphatic carbocycles. The van der Waals surface area contributed by atoms with Gasteiger partial charge >= 0.3 is 5.97 Å². The van der Waals surface area contributed by atoms with Crippen LogP contribution in [0, 0.1) is 17.8 Å². The second-order valence-electron chi connectivity index (χ2n) is 6.58. The minimum absolute atomic E-state index is 0.0975. The minimum Gasteiger partial charge on any atom is -0.465 e. The number of epoxide rings is 1. The standard InChI is InChI=1S/C15H24O4/c1-9-2-4-11(7-12(9)16)15(17)18-8-10-3-5-13-14(6-10)19-13/h9-14,16H,2-8H2,1H3. The first-order chi connectivity index (χ1) is 9.13. The second kappa shape index (κ2) is 5.41. The highest BCUT2D eigenvalue weighted by atomic mass is 16.6. The zero-order chi connectivity index (χ0) is 13.4. The normalized spacial score (nSPS) is 45.4. The van der Waals surface area contributed by atoms with Crippen LogP contribution in [-0.2, 0) is 14.3 Å². The number of carbonyl (C=O) groups excluding carboxylic acids is 1. The molecule has 0 radical (unpaired) electrons. The highest BCUT2D eigenvalue weighted by Gasteiger charge is 2.44. The fourth-order valence-electron chi connectivity index (χ4n) is 3.47. The Balaban J connectivity index is 1.41. The van der Waals surface area contributed by atoms with Crippen molar-refractivity contribution in [3.63, 3.8) is 0 Å². The van der Waals surface area contributed by atoms with Gasteiger partial charge in [-0.15, -0.1) is 0 Å². The van der Waals surface area contributed by atoms with E-state index >= 15 is 0 Å². The third-order valence-electron chi connectivity index (χ3n) is 5.06. The first-order valence-electron chi connectivity index (χ1n) is 7.63. The number of ether oxygens (including phenoxy) is 2. The average Bonchev–Trinajstić information content (AvgIpc) is 3.17. The van der Waals surface area contributed by atoms with Crippen LogP contribution < -0.4 is 0 Å². The molecule has 1 aliphatic heterocycles. The summed E-state index contributed by atoms with van der Waals surface area (Å²) in [7, 11) is 0. The van der Waals surface area contributed by atoms with Crippen molar-refractivity contribution in [3.8, 4) is 0 Å². The van der Waals surface area contributed by atoms with Gasteiger partial charge in [-0.05, 0) is 50.4 Å². The predicted octanol–water partition coefficient (Wildman–Crippen LogP) is 1.89. The highest BCUT2D eigenvalue weighted by Crippen LogP contribution is 2.39. The van der Waals surface area contributed by atoms with Crippen LogP contribution in [-0.4, -0.2) is 36.0 Å². The molecule has 0 aromatic carbocycles. The van der Waals surface area contributed by atoms with Gasteiger partial charge in [-0.2, -0.15) is 0 Å². The van der Waals surface area contributed by atoms with Crippen molar-refractivity contribution < 1.29 is 19.4 Å².